The third-order valence-corrected chi connectivity index (χ3v) is 5.22. The highest BCUT2D eigenvalue weighted by Crippen LogP contribution is 2.24. The number of benzene rings is 1. The monoisotopic (exact) mass is 433 g/mol. The van der Waals surface area contributed by atoms with Gasteiger partial charge in [-0.05, 0) is 32.9 Å². The first-order valence-electron chi connectivity index (χ1n) is 10.2. The maximum Gasteiger partial charge on any atom is 0.262 e. The van der Waals surface area contributed by atoms with Crippen molar-refractivity contribution in [1.82, 2.24) is 29.7 Å². The first kappa shape index (κ1) is 21.2. The number of imidazole rings is 1. The van der Waals surface area contributed by atoms with Crippen molar-refractivity contribution >= 4 is 23.5 Å². The number of aryl methyl sites for hydroxylation is 2. The SMILES string of the molecule is Cc1nc(NCCNC(=O)[C@H](C)N2C(=O)c3ccccc3C2=O)cc(-n2ccnc2C)n1. The van der Waals surface area contributed by atoms with Gasteiger partial charge in [-0.1, -0.05) is 12.1 Å². The quantitative estimate of drug-likeness (QED) is 0.428. The molecule has 0 aliphatic carbocycles. The normalized spacial score (nSPS) is 13.8. The van der Waals surface area contributed by atoms with Gasteiger partial charge in [0.2, 0.25) is 5.91 Å². The molecule has 0 saturated heterocycles. The van der Waals surface area contributed by atoms with Crippen LogP contribution in [0.5, 0.6) is 0 Å². The largest absolute Gasteiger partial charge is 0.368 e. The molecule has 1 aliphatic rings. The molecule has 0 radical (unpaired) electrons. The number of hydrogen-bond donors (Lipinski definition) is 2. The number of nitrogens with one attached hydrogen (secondary N) is 2. The van der Waals surface area contributed by atoms with Crippen LogP contribution in [-0.2, 0) is 4.79 Å². The minimum atomic E-state index is -0.917. The number of carbonyl (C=O) groups is 3. The third kappa shape index (κ3) is 3.94. The second-order valence-corrected chi connectivity index (χ2v) is 7.42. The van der Waals surface area contributed by atoms with Gasteiger partial charge in [0.25, 0.3) is 11.8 Å². The van der Waals surface area contributed by atoms with Crippen molar-refractivity contribution in [3.63, 3.8) is 0 Å². The molecule has 10 nitrogen and oxygen atoms in total. The number of carbonyl (C=O) groups excluding carboxylic acids is 3. The number of anilines is 1. The standard InChI is InChI=1S/C22H23N7O3/c1-13(29-21(31)16-6-4-5-7-17(16)22(29)32)20(30)25-9-8-24-18-12-19(27-14(2)26-18)28-11-10-23-15(28)3/h4-7,10-13H,8-9H2,1-3H3,(H,25,30)(H,24,26,27)/t13-/m0/s1. The van der Waals surface area contributed by atoms with Gasteiger partial charge in [-0.25, -0.2) is 15.0 Å². The molecule has 0 bridgehead atoms. The van der Waals surface area contributed by atoms with Crippen molar-refractivity contribution in [2.75, 3.05) is 18.4 Å². The predicted octanol–water partition coefficient (Wildman–Crippen LogP) is 1.49. The van der Waals surface area contributed by atoms with E-state index in [0.717, 1.165) is 10.7 Å². The molecule has 3 amide bonds. The molecule has 4 rings (SSSR count). The summed E-state index contributed by atoms with van der Waals surface area (Å²) in [6.45, 7) is 5.91. The van der Waals surface area contributed by atoms with Crippen molar-refractivity contribution in [3.05, 3.63) is 65.5 Å². The van der Waals surface area contributed by atoms with E-state index in [1.54, 1.807) is 43.5 Å². The topological polar surface area (TPSA) is 122 Å². The van der Waals surface area contributed by atoms with Gasteiger partial charge in [0.05, 0.1) is 11.1 Å². The van der Waals surface area contributed by atoms with Gasteiger partial charge in [0, 0.05) is 31.5 Å². The molecule has 0 saturated carbocycles. The van der Waals surface area contributed by atoms with E-state index in [1.165, 1.54) is 6.92 Å². The van der Waals surface area contributed by atoms with Crippen molar-refractivity contribution in [3.8, 4) is 5.82 Å². The summed E-state index contributed by atoms with van der Waals surface area (Å²) in [5.41, 5.74) is 0.642. The Balaban J connectivity index is 1.33. The van der Waals surface area contributed by atoms with Crippen LogP contribution < -0.4 is 10.6 Å². The van der Waals surface area contributed by atoms with Crippen LogP contribution in [0, 0.1) is 13.8 Å². The second kappa shape index (κ2) is 8.58. The van der Waals surface area contributed by atoms with Gasteiger partial charge in [-0.2, -0.15) is 0 Å². The molecule has 3 aromatic rings. The Bertz CT molecular complexity index is 1170. The first-order valence-corrected chi connectivity index (χ1v) is 10.2. The number of imide groups is 1. The Hall–Kier alpha value is -4.08. The molecular formula is C22H23N7O3. The zero-order chi connectivity index (χ0) is 22.8. The van der Waals surface area contributed by atoms with E-state index >= 15 is 0 Å². The lowest BCUT2D eigenvalue weighted by atomic mass is 10.1. The summed E-state index contributed by atoms with van der Waals surface area (Å²) in [5, 5.41) is 5.91. The highest BCUT2D eigenvalue weighted by molar-refractivity contribution is 6.22. The lowest BCUT2D eigenvalue weighted by molar-refractivity contribution is -0.124. The highest BCUT2D eigenvalue weighted by Gasteiger charge is 2.40. The van der Waals surface area contributed by atoms with E-state index in [4.69, 9.17) is 0 Å². The highest BCUT2D eigenvalue weighted by atomic mass is 16.2. The molecular weight excluding hydrogens is 410 g/mol. The van der Waals surface area contributed by atoms with Gasteiger partial charge < -0.3 is 10.6 Å². The van der Waals surface area contributed by atoms with Gasteiger partial charge in [0.1, 0.15) is 29.3 Å². The first-order chi connectivity index (χ1) is 15.4. The summed E-state index contributed by atoms with van der Waals surface area (Å²) in [5.74, 6) is 1.40. The summed E-state index contributed by atoms with van der Waals surface area (Å²) in [6, 6.07) is 7.45. The predicted molar refractivity (Wildman–Crippen MR) is 117 cm³/mol. The molecule has 1 aromatic carbocycles. The molecule has 1 atom stereocenters. The average Bonchev–Trinajstić information content (AvgIpc) is 3.31. The fraction of sp³-hybridized carbons (Fsp3) is 0.273. The van der Waals surface area contributed by atoms with E-state index in [1.807, 2.05) is 17.7 Å². The maximum atomic E-state index is 12.6. The van der Waals surface area contributed by atoms with E-state index < -0.39 is 23.8 Å². The van der Waals surface area contributed by atoms with Gasteiger partial charge >= 0.3 is 0 Å². The number of amides is 3. The molecule has 0 unspecified atom stereocenters. The third-order valence-electron chi connectivity index (χ3n) is 5.22. The summed E-state index contributed by atoms with van der Waals surface area (Å²) in [4.78, 5) is 51.6. The van der Waals surface area contributed by atoms with Crippen LogP contribution in [0.3, 0.4) is 0 Å². The zero-order valence-electron chi connectivity index (χ0n) is 18.0. The minimum absolute atomic E-state index is 0.287. The van der Waals surface area contributed by atoms with Gasteiger partial charge in [0.15, 0.2) is 0 Å². The van der Waals surface area contributed by atoms with Crippen LogP contribution in [0.4, 0.5) is 5.82 Å². The van der Waals surface area contributed by atoms with Crippen LogP contribution in [0.15, 0.2) is 42.7 Å². The fourth-order valence-corrected chi connectivity index (χ4v) is 3.59. The van der Waals surface area contributed by atoms with E-state index in [9.17, 15) is 14.4 Å². The van der Waals surface area contributed by atoms with Crippen molar-refractivity contribution in [2.45, 2.75) is 26.8 Å². The van der Waals surface area contributed by atoms with E-state index in [-0.39, 0.29) is 6.54 Å². The summed E-state index contributed by atoms with van der Waals surface area (Å²) in [7, 11) is 0. The fourth-order valence-electron chi connectivity index (χ4n) is 3.59. The summed E-state index contributed by atoms with van der Waals surface area (Å²) < 4.78 is 1.85. The van der Waals surface area contributed by atoms with E-state index in [2.05, 4.69) is 25.6 Å². The van der Waals surface area contributed by atoms with Crippen LogP contribution in [0.25, 0.3) is 5.82 Å². The van der Waals surface area contributed by atoms with Gasteiger partial charge in [-0.15, -0.1) is 0 Å². The zero-order valence-corrected chi connectivity index (χ0v) is 18.0. The molecule has 3 heterocycles. The van der Waals surface area contributed by atoms with Crippen LogP contribution in [0.2, 0.25) is 0 Å². The lowest BCUT2D eigenvalue weighted by Gasteiger charge is -2.21. The number of aromatic nitrogens is 4. The second-order valence-electron chi connectivity index (χ2n) is 7.42. The van der Waals surface area contributed by atoms with Crippen LogP contribution in [-0.4, -0.2) is 61.3 Å². The Morgan fingerprint density at radius 2 is 1.75 bits per heavy atom. The maximum absolute atomic E-state index is 12.6. The lowest BCUT2D eigenvalue weighted by Crippen LogP contribution is -2.48. The molecule has 2 aromatic heterocycles. The Morgan fingerprint density at radius 3 is 2.38 bits per heavy atom. The molecule has 10 heteroatoms. The number of rotatable bonds is 7. The van der Waals surface area contributed by atoms with E-state index in [0.29, 0.717) is 35.1 Å². The van der Waals surface area contributed by atoms with Crippen LogP contribution >= 0.6 is 0 Å². The average molecular weight is 433 g/mol. The Morgan fingerprint density at radius 1 is 1.06 bits per heavy atom. The van der Waals surface area contributed by atoms with Crippen molar-refractivity contribution in [2.24, 2.45) is 0 Å². The Labute approximate surface area is 184 Å². The van der Waals surface area contributed by atoms with Gasteiger partial charge in [-0.3, -0.25) is 23.9 Å². The molecule has 1 aliphatic heterocycles. The summed E-state index contributed by atoms with van der Waals surface area (Å²) in [6.07, 6.45) is 3.52. The Kier molecular flexibility index (Phi) is 5.67. The number of hydrogen-bond acceptors (Lipinski definition) is 7. The number of nitrogens with zero attached hydrogens (tertiary/aromatic N) is 5. The summed E-state index contributed by atoms with van der Waals surface area (Å²) >= 11 is 0. The smallest absolute Gasteiger partial charge is 0.262 e. The molecule has 2 N–H and O–H groups in total. The molecule has 0 fully saturated rings. The van der Waals surface area contributed by atoms with Crippen molar-refractivity contribution < 1.29 is 14.4 Å². The minimum Gasteiger partial charge on any atom is -0.368 e. The van der Waals surface area contributed by atoms with Crippen LogP contribution in [0.1, 0.15) is 39.3 Å². The number of fused-ring (bicyclic) bond motifs is 1. The molecule has 32 heavy (non-hydrogen) atoms. The van der Waals surface area contributed by atoms with Crippen molar-refractivity contribution in [1.29, 1.82) is 0 Å². The molecule has 0 spiro atoms. The molecule has 164 valence electrons.